The summed E-state index contributed by atoms with van der Waals surface area (Å²) in [5.74, 6) is 0. The van der Waals surface area contributed by atoms with E-state index in [9.17, 15) is 5.11 Å². The van der Waals surface area contributed by atoms with Crippen molar-refractivity contribution >= 4 is 15.9 Å². The number of halogens is 1. The molecule has 0 unspecified atom stereocenters. The maximum Gasteiger partial charge on any atom is 0.0920 e. The van der Waals surface area contributed by atoms with E-state index in [1.54, 1.807) is 0 Å². The Morgan fingerprint density at radius 3 is 3.08 bits per heavy atom. The van der Waals surface area contributed by atoms with Crippen LogP contribution in [0.25, 0.3) is 0 Å². The third-order valence-corrected chi connectivity index (χ3v) is 2.89. The normalized spacial score (nSPS) is 22.8. The lowest BCUT2D eigenvalue weighted by Gasteiger charge is -2.29. The van der Waals surface area contributed by atoms with E-state index in [-0.39, 0.29) is 6.10 Å². The second-order valence-electron chi connectivity index (χ2n) is 3.56. The first-order valence-corrected chi connectivity index (χ1v) is 5.11. The number of fused-ring (bicyclic) bond motifs is 1. The van der Waals surface area contributed by atoms with Gasteiger partial charge >= 0.3 is 0 Å². The van der Waals surface area contributed by atoms with Crippen LogP contribution < -0.4 is 0 Å². The molecule has 0 radical (unpaired) electrons. The van der Waals surface area contributed by atoms with Crippen molar-refractivity contribution in [3.8, 4) is 0 Å². The number of nitrogens with zero attached hydrogens (tertiary/aromatic N) is 1. The molecule has 0 amide bonds. The number of hydrogen-bond acceptors (Lipinski definition) is 2. The van der Waals surface area contributed by atoms with Crippen LogP contribution in [0.1, 0.15) is 17.2 Å². The summed E-state index contributed by atoms with van der Waals surface area (Å²) in [7, 11) is 2.02. The van der Waals surface area contributed by atoms with Crippen molar-refractivity contribution in [2.24, 2.45) is 0 Å². The van der Waals surface area contributed by atoms with Crippen LogP contribution in [0.3, 0.4) is 0 Å². The summed E-state index contributed by atoms with van der Waals surface area (Å²) >= 11 is 3.41. The summed E-state index contributed by atoms with van der Waals surface area (Å²) in [4.78, 5) is 2.13. The van der Waals surface area contributed by atoms with Crippen molar-refractivity contribution in [3.63, 3.8) is 0 Å². The average Bonchev–Trinajstić information content (AvgIpc) is 2.06. The molecule has 0 saturated heterocycles. The van der Waals surface area contributed by atoms with Crippen LogP contribution in [0.15, 0.2) is 22.7 Å². The molecule has 0 aliphatic carbocycles. The van der Waals surface area contributed by atoms with Gasteiger partial charge in [0.15, 0.2) is 0 Å². The summed E-state index contributed by atoms with van der Waals surface area (Å²) in [6.45, 7) is 1.66. The van der Waals surface area contributed by atoms with Gasteiger partial charge in [-0.1, -0.05) is 22.0 Å². The fraction of sp³-hybridized carbons (Fsp3) is 0.400. The first-order chi connectivity index (χ1) is 6.16. The second kappa shape index (κ2) is 3.40. The molecule has 1 aliphatic rings. The molecular weight excluding hydrogens is 230 g/mol. The van der Waals surface area contributed by atoms with Crippen LogP contribution in [0.4, 0.5) is 0 Å². The molecule has 1 heterocycles. The van der Waals surface area contributed by atoms with E-state index in [0.29, 0.717) is 0 Å². The summed E-state index contributed by atoms with van der Waals surface area (Å²) in [6.07, 6.45) is -0.341. The standard InChI is InChI=1S/C10H12BrNO/c1-12-5-7-2-3-8(11)4-9(7)10(13)6-12/h2-4,10,13H,5-6H2,1H3/t10-/m0/s1. The van der Waals surface area contributed by atoms with E-state index in [2.05, 4.69) is 26.9 Å². The predicted octanol–water partition coefficient (Wildman–Crippen LogP) is 1.93. The zero-order valence-electron chi connectivity index (χ0n) is 7.50. The maximum absolute atomic E-state index is 9.79. The molecule has 70 valence electrons. The van der Waals surface area contributed by atoms with E-state index < -0.39 is 0 Å². The smallest absolute Gasteiger partial charge is 0.0920 e. The highest BCUT2D eigenvalue weighted by molar-refractivity contribution is 9.10. The van der Waals surface area contributed by atoms with Gasteiger partial charge in [-0.3, -0.25) is 4.90 Å². The Labute approximate surface area is 86.3 Å². The zero-order valence-corrected chi connectivity index (χ0v) is 9.08. The molecule has 0 spiro atoms. The van der Waals surface area contributed by atoms with E-state index in [4.69, 9.17) is 0 Å². The minimum absolute atomic E-state index is 0.341. The summed E-state index contributed by atoms with van der Waals surface area (Å²) in [5.41, 5.74) is 2.29. The van der Waals surface area contributed by atoms with Gasteiger partial charge in [-0.2, -0.15) is 0 Å². The SMILES string of the molecule is CN1Cc2ccc(Br)cc2[C@@H](O)C1. The van der Waals surface area contributed by atoms with Gasteiger partial charge in [0.2, 0.25) is 0 Å². The lowest BCUT2D eigenvalue weighted by molar-refractivity contribution is 0.108. The van der Waals surface area contributed by atoms with Crippen LogP contribution >= 0.6 is 15.9 Å². The molecule has 1 N–H and O–H groups in total. The van der Waals surface area contributed by atoms with Crippen LogP contribution in [0.2, 0.25) is 0 Å². The Balaban J connectivity index is 2.43. The minimum atomic E-state index is -0.341. The van der Waals surface area contributed by atoms with Crippen LogP contribution in [0.5, 0.6) is 0 Å². The zero-order chi connectivity index (χ0) is 9.42. The third-order valence-electron chi connectivity index (χ3n) is 2.39. The van der Waals surface area contributed by atoms with Crippen molar-refractivity contribution in [1.82, 2.24) is 4.90 Å². The number of benzene rings is 1. The Morgan fingerprint density at radius 2 is 2.31 bits per heavy atom. The predicted molar refractivity (Wildman–Crippen MR) is 55.4 cm³/mol. The van der Waals surface area contributed by atoms with Gasteiger partial charge in [-0.15, -0.1) is 0 Å². The van der Waals surface area contributed by atoms with Gasteiger partial charge < -0.3 is 5.11 Å². The fourth-order valence-corrected chi connectivity index (χ4v) is 2.15. The van der Waals surface area contributed by atoms with Crippen LogP contribution in [0, 0.1) is 0 Å². The van der Waals surface area contributed by atoms with Gasteiger partial charge in [0, 0.05) is 17.6 Å². The Hall–Kier alpha value is -0.380. The molecule has 0 bridgehead atoms. The first kappa shape index (κ1) is 9.19. The van der Waals surface area contributed by atoms with Gasteiger partial charge in [0.1, 0.15) is 0 Å². The molecule has 13 heavy (non-hydrogen) atoms. The van der Waals surface area contributed by atoms with Gasteiger partial charge in [-0.25, -0.2) is 0 Å². The van der Waals surface area contributed by atoms with Crippen molar-refractivity contribution in [3.05, 3.63) is 33.8 Å². The molecule has 1 aromatic carbocycles. The molecule has 0 aromatic heterocycles. The quantitative estimate of drug-likeness (QED) is 0.751. The number of likely N-dealkylation sites (N-methyl/N-ethyl adjacent to an activating group) is 1. The maximum atomic E-state index is 9.79. The average molecular weight is 242 g/mol. The van der Waals surface area contributed by atoms with Gasteiger partial charge in [-0.05, 0) is 30.3 Å². The lowest BCUT2D eigenvalue weighted by Crippen LogP contribution is -2.30. The van der Waals surface area contributed by atoms with E-state index >= 15 is 0 Å². The van der Waals surface area contributed by atoms with Crippen molar-refractivity contribution in [2.45, 2.75) is 12.6 Å². The lowest BCUT2D eigenvalue weighted by atomic mass is 9.98. The summed E-state index contributed by atoms with van der Waals surface area (Å²) < 4.78 is 1.04. The van der Waals surface area contributed by atoms with Crippen molar-refractivity contribution in [1.29, 1.82) is 0 Å². The molecular formula is C10H12BrNO. The second-order valence-corrected chi connectivity index (χ2v) is 4.47. The molecule has 0 saturated carbocycles. The van der Waals surface area contributed by atoms with Gasteiger partial charge in [0.25, 0.3) is 0 Å². The topological polar surface area (TPSA) is 23.5 Å². The van der Waals surface area contributed by atoms with Crippen molar-refractivity contribution in [2.75, 3.05) is 13.6 Å². The summed E-state index contributed by atoms with van der Waals surface area (Å²) in [6, 6.07) is 6.09. The highest BCUT2D eigenvalue weighted by Crippen LogP contribution is 2.28. The Morgan fingerprint density at radius 1 is 1.54 bits per heavy atom. The largest absolute Gasteiger partial charge is 0.387 e. The van der Waals surface area contributed by atoms with E-state index in [1.807, 2.05) is 19.2 Å². The number of aliphatic hydroxyl groups excluding tert-OH is 1. The number of hydrogen-bond donors (Lipinski definition) is 1. The molecule has 1 atom stereocenters. The first-order valence-electron chi connectivity index (χ1n) is 4.32. The Kier molecular flexibility index (Phi) is 2.41. The van der Waals surface area contributed by atoms with Crippen LogP contribution in [-0.2, 0) is 6.54 Å². The molecule has 1 aliphatic heterocycles. The van der Waals surface area contributed by atoms with Gasteiger partial charge in [0.05, 0.1) is 6.10 Å². The molecule has 1 aromatic rings. The number of rotatable bonds is 0. The highest BCUT2D eigenvalue weighted by atomic mass is 79.9. The number of β-amino-alcohol motifs (C(OH)–C–C–N with tert-alkyl or cyclic N) is 1. The van der Waals surface area contributed by atoms with Crippen LogP contribution in [-0.4, -0.2) is 23.6 Å². The summed E-state index contributed by atoms with van der Waals surface area (Å²) in [5, 5.41) is 9.79. The Bertz CT molecular complexity index is 327. The molecule has 0 fully saturated rings. The minimum Gasteiger partial charge on any atom is -0.387 e. The molecule has 2 nitrogen and oxygen atoms in total. The highest BCUT2D eigenvalue weighted by Gasteiger charge is 2.20. The third kappa shape index (κ3) is 1.77. The molecule has 2 rings (SSSR count). The van der Waals surface area contributed by atoms with E-state index in [1.165, 1.54) is 5.56 Å². The number of aliphatic hydroxyl groups is 1. The van der Waals surface area contributed by atoms with Crippen molar-refractivity contribution < 1.29 is 5.11 Å². The molecule has 3 heteroatoms. The van der Waals surface area contributed by atoms with E-state index in [0.717, 1.165) is 23.1 Å². The fourth-order valence-electron chi connectivity index (χ4n) is 1.77. The monoisotopic (exact) mass is 241 g/mol.